The second-order valence-corrected chi connectivity index (χ2v) is 8.97. The van der Waals surface area contributed by atoms with Crippen molar-refractivity contribution >= 4 is 46.0 Å². The predicted octanol–water partition coefficient (Wildman–Crippen LogP) is 3.65. The molecule has 0 radical (unpaired) electrons. The van der Waals surface area contributed by atoms with Crippen LogP contribution in [0.2, 0.25) is 10.0 Å². The van der Waals surface area contributed by atoms with Gasteiger partial charge in [-0.15, -0.1) is 0 Å². The summed E-state index contributed by atoms with van der Waals surface area (Å²) < 4.78 is 20.7. The van der Waals surface area contributed by atoms with E-state index in [1.807, 2.05) is 0 Å². The van der Waals surface area contributed by atoms with Crippen molar-refractivity contribution in [1.82, 2.24) is 14.5 Å². The van der Waals surface area contributed by atoms with E-state index in [-0.39, 0.29) is 38.6 Å². The maximum absolute atomic E-state index is 13.7. The first-order chi connectivity index (χ1) is 17.6. The maximum atomic E-state index is 13.7. The Bertz CT molecular complexity index is 1630. The van der Waals surface area contributed by atoms with Gasteiger partial charge < -0.3 is 10.1 Å². The number of nitrogens with one attached hydrogen (secondary N) is 1. The number of benzene rings is 3. The molecule has 0 spiro atoms. The smallest absolute Gasteiger partial charge is 0.335 e. The topological polar surface area (TPSA) is 99.4 Å². The SMILES string of the molecule is COC(=O)[C@H](Cc1ccc(-n2c(=O)c3ccc(F)cc3n(C)c2=O)cc1)NC(=O)c1c(Cl)cccc1Cl. The summed E-state index contributed by atoms with van der Waals surface area (Å²) >= 11 is 12.2. The second-order valence-electron chi connectivity index (χ2n) is 8.16. The molecule has 0 aliphatic carbocycles. The molecule has 1 N–H and O–H groups in total. The van der Waals surface area contributed by atoms with Crippen LogP contribution in [0.3, 0.4) is 0 Å². The zero-order valence-electron chi connectivity index (χ0n) is 19.6. The summed E-state index contributed by atoms with van der Waals surface area (Å²) in [5.41, 5.74) is -0.145. The van der Waals surface area contributed by atoms with Gasteiger partial charge in [-0.1, -0.05) is 41.4 Å². The molecule has 0 fully saturated rings. The lowest BCUT2D eigenvalue weighted by molar-refractivity contribution is -0.142. The summed E-state index contributed by atoms with van der Waals surface area (Å²) in [7, 11) is 2.64. The van der Waals surface area contributed by atoms with Crippen molar-refractivity contribution in [3.8, 4) is 5.69 Å². The summed E-state index contributed by atoms with van der Waals surface area (Å²) in [5.74, 6) is -1.90. The first kappa shape index (κ1) is 26.1. The van der Waals surface area contributed by atoms with Gasteiger partial charge in [-0.2, -0.15) is 0 Å². The quantitative estimate of drug-likeness (QED) is 0.374. The summed E-state index contributed by atoms with van der Waals surface area (Å²) in [6, 6.07) is 13.4. The molecule has 0 saturated heterocycles. The fourth-order valence-electron chi connectivity index (χ4n) is 3.95. The largest absolute Gasteiger partial charge is 0.467 e. The molecule has 37 heavy (non-hydrogen) atoms. The molecule has 0 bridgehead atoms. The van der Waals surface area contributed by atoms with E-state index in [1.54, 1.807) is 18.2 Å². The van der Waals surface area contributed by atoms with E-state index in [0.717, 1.165) is 16.7 Å². The number of halogens is 3. The summed E-state index contributed by atoms with van der Waals surface area (Å²) in [6.45, 7) is 0. The standard InChI is InChI=1S/C26H20Cl2FN3O5/c1-31-21-13-15(29)8-11-17(21)24(34)32(26(31)36)16-9-6-14(7-10-16)12-20(25(35)37-2)30-23(33)22-18(27)4-3-5-19(22)28/h3-11,13,20H,12H2,1-2H3,(H,30,33)/t20-/m0/s1. The number of ether oxygens (including phenoxy) is 1. The van der Waals surface area contributed by atoms with E-state index < -0.39 is 35.0 Å². The summed E-state index contributed by atoms with van der Waals surface area (Å²) in [5, 5.41) is 3.02. The molecule has 4 aromatic rings. The number of aryl methyl sites for hydroxylation is 1. The van der Waals surface area contributed by atoms with Gasteiger partial charge in [0.15, 0.2) is 0 Å². The van der Waals surface area contributed by atoms with Crippen LogP contribution in [0.4, 0.5) is 4.39 Å². The van der Waals surface area contributed by atoms with Gasteiger partial charge in [0.1, 0.15) is 11.9 Å². The lowest BCUT2D eigenvalue weighted by atomic mass is 10.0. The third-order valence-electron chi connectivity index (χ3n) is 5.85. The molecule has 4 rings (SSSR count). The van der Waals surface area contributed by atoms with Crippen LogP contribution in [0.15, 0.2) is 70.3 Å². The Balaban J connectivity index is 1.64. The Morgan fingerprint density at radius 3 is 2.30 bits per heavy atom. The van der Waals surface area contributed by atoms with Crippen LogP contribution in [0.5, 0.6) is 0 Å². The van der Waals surface area contributed by atoms with Crippen LogP contribution in [-0.4, -0.2) is 34.2 Å². The first-order valence-corrected chi connectivity index (χ1v) is 11.7. The molecule has 3 aromatic carbocycles. The van der Waals surface area contributed by atoms with Gasteiger partial charge in [-0.25, -0.2) is 18.5 Å². The predicted molar refractivity (Wildman–Crippen MR) is 138 cm³/mol. The van der Waals surface area contributed by atoms with E-state index in [2.05, 4.69) is 5.32 Å². The van der Waals surface area contributed by atoms with Crippen LogP contribution >= 0.6 is 23.2 Å². The number of aromatic nitrogens is 2. The van der Waals surface area contributed by atoms with Crippen LogP contribution in [0.25, 0.3) is 16.6 Å². The highest BCUT2D eigenvalue weighted by molar-refractivity contribution is 6.39. The molecule has 1 amide bonds. The van der Waals surface area contributed by atoms with Crippen molar-refractivity contribution in [2.45, 2.75) is 12.5 Å². The molecule has 1 aromatic heterocycles. The van der Waals surface area contributed by atoms with Crippen molar-refractivity contribution in [3.05, 3.63) is 108 Å². The summed E-state index contributed by atoms with van der Waals surface area (Å²) in [4.78, 5) is 51.1. The Labute approximate surface area is 219 Å². The number of amides is 1. The highest BCUT2D eigenvalue weighted by atomic mass is 35.5. The van der Waals surface area contributed by atoms with Gasteiger partial charge in [0.05, 0.1) is 39.3 Å². The number of fused-ring (bicyclic) bond motifs is 1. The van der Waals surface area contributed by atoms with Crippen LogP contribution in [0, 0.1) is 5.82 Å². The third-order valence-corrected chi connectivity index (χ3v) is 6.48. The van der Waals surface area contributed by atoms with Crippen LogP contribution in [0.1, 0.15) is 15.9 Å². The number of esters is 1. The number of carbonyl (C=O) groups excluding carboxylic acids is 2. The zero-order valence-corrected chi connectivity index (χ0v) is 21.1. The van der Waals surface area contributed by atoms with Crippen LogP contribution < -0.4 is 16.6 Å². The molecular formula is C26H20Cl2FN3O5. The first-order valence-electron chi connectivity index (χ1n) is 11.0. The minimum Gasteiger partial charge on any atom is -0.467 e. The van der Waals surface area contributed by atoms with Gasteiger partial charge in [0.2, 0.25) is 0 Å². The Hall–Kier alpha value is -3.95. The normalized spacial score (nSPS) is 11.8. The number of hydrogen-bond donors (Lipinski definition) is 1. The second kappa shape index (κ2) is 10.6. The van der Waals surface area contributed by atoms with Crippen molar-refractivity contribution < 1.29 is 18.7 Å². The van der Waals surface area contributed by atoms with Gasteiger partial charge in [-0.05, 0) is 48.0 Å². The van der Waals surface area contributed by atoms with Gasteiger partial charge in [0.25, 0.3) is 11.5 Å². The van der Waals surface area contributed by atoms with E-state index in [9.17, 15) is 23.6 Å². The van der Waals surface area contributed by atoms with Crippen LogP contribution in [-0.2, 0) is 23.0 Å². The molecule has 190 valence electrons. The zero-order chi connectivity index (χ0) is 26.9. The molecule has 8 nitrogen and oxygen atoms in total. The van der Waals surface area contributed by atoms with Gasteiger partial charge in [-0.3, -0.25) is 14.2 Å². The third kappa shape index (κ3) is 5.14. The number of rotatable bonds is 6. The number of nitrogens with zero attached hydrogens (tertiary/aromatic N) is 2. The van der Waals surface area contributed by atoms with E-state index in [1.165, 1.54) is 49.1 Å². The lowest BCUT2D eigenvalue weighted by Crippen LogP contribution is -2.43. The van der Waals surface area contributed by atoms with E-state index in [4.69, 9.17) is 27.9 Å². The molecule has 0 unspecified atom stereocenters. The Morgan fingerprint density at radius 2 is 1.68 bits per heavy atom. The lowest BCUT2D eigenvalue weighted by Gasteiger charge is -2.18. The van der Waals surface area contributed by atoms with Crippen molar-refractivity contribution in [2.75, 3.05) is 7.11 Å². The minimum absolute atomic E-state index is 0.0292. The molecule has 1 atom stereocenters. The molecule has 0 aliphatic heterocycles. The van der Waals surface area contributed by atoms with Gasteiger partial charge >= 0.3 is 11.7 Å². The Morgan fingerprint density at radius 1 is 1.03 bits per heavy atom. The number of hydrogen-bond acceptors (Lipinski definition) is 5. The number of carbonyl (C=O) groups is 2. The average Bonchev–Trinajstić information content (AvgIpc) is 2.87. The van der Waals surface area contributed by atoms with E-state index in [0.29, 0.717) is 5.56 Å². The maximum Gasteiger partial charge on any atom is 0.335 e. The number of methoxy groups -OCH3 is 1. The molecular weight excluding hydrogens is 524 g/mol. The minimum atomic E-state index is -1.07. The van der Waals surface area contributed by atoms with Crippen molar-refractivity contribution in [3.63, 3.8) is 0 Å². The summed E-state index contributed by atoms with van der Waals surface area (Å²) in [6.07, 6.45) is 0.0463. The fourth-order valence-corrected chi connectivity index (χ4v) is 4.52. The van der Waals surface area contributed by atoms with Crippen molar-refractivity contribution in [1.29, 1.82) is 0 Å². The highest BCUT2D eigenvalue weighted by Crippen LogP contribution is 2.24. The van der Waals surface area contributed by atoms with E-state index >= 15 is 0 Å². The molecule has 1 heterocycles. The average molecular weight is 544 g/mol. The van der Waals surface area contributed by atoms with Crippen molar-refractivity contribution in [2.24, 2.45) is 7.05 Å². The molecule has 0 aliphatic rings. The highest BCUT2D eigenvalue weighted by Gasteiger charge is 2.25. The van der Waals surface area contributed by atoms with Gasteiger partial charge in [0, 0.05) is 13.5 Å². The monoisotopic (exact) mass is 543 g/mol. The molecule has 0 saturated carbocycles. The Kier molecular flexibility index (Phi) is 7.47. The molecule has 11 heteroatoms. The fraction of sp³-hybridized carbons (Fsp3) is 0.154.